The number of nitrogens with one attached hydrogen (secondary N) is 1. The van der Waals surface area contributed by atoms with Crippen molar-refractivity contribution in [3.63, 3.8) is 0 Å². The van der Waals surface area contributed by atoms with Gasteiger partial charge >= 0.3 is 0 Å². The van der Waals surface area contributed by atoms with Crippen molar-refractivity contribution in [1.29, 1.82) is 0 Å². The number of nitrogens with zero attached hydrogens (tertiary/aromatic N) is 1. The van der Waals surface area contributed by atoms with E-state index < -0.39 is 0 Å². The fourth-order valence-corrected chi connectivity index (χ4v) is 2.01. The molecule has 0 aliphatic rings. The highest BCUT2D eigenvalue weighted by Gasteiger charge is 2.10. The Morgan fingerprint density at radius 2 is 2.12 bits per heavy atom. The number of benzene rings is 1. The van der Waals surface area contributed by atoms with Crippen molar-refractivity contribution >= 4 is 11.6 Å². The van der Waals surface area contributed by atoms with Crippen molar-refractivity contribution < 1.29 is 0 Å². The second-order valence-corrected chi connectivity index (χ2v) is 5.09. The van der Waals surface area contributed by atoms with Crippen LogP contribution >= 0.6 is 11.6 Å². The van der Waals surface area contributed by atoms with E-state index in [4.69, 9.17) is 11.6 Å². The molecule has 1 unspecified atom stereocenters. The van der Waals surface area contributed by atoms with Crippen LogP contribution in [0.1, 0.15) is 31.4 Å². The molecule has 1 N–H and O–H groups in total. The molecule has 3 heteroatoms. The van der Waals surface area contributed by atoms with Gasteiger partial charge in [-0.05, 0) is 57.7 Å². The zero-order valence-corrected chi connectivity index (χ0v) is 11.8. The third-order valence-corrected chi connectivity index (χ3v) is 2.99. The van der Waals surface area contributed by atoms with E-state index in [-0.39, 0.29) is 0 Å². The molecule has 0 bridgehead atoms. The van der Waals surface area contributed by atoms with Gasteiger partial charge in [-0.3, -0.25) is 0 Å². The first-order valence-electron chi connectivity index (χ1n) is 6.27. The Kier molecular flexibility index (Phi) is 6.56. The van der Waals surface area contributed by atoms with Crippen LogP contribution in [-0.4, -0.2) is 32.1 Å². The number of hydrogen-bond acceptors (Lipinski definition) is 2. The lowest BCUT2D eigenvalue weighted by molar-refractivity contribution is 0.361. The van der Waals surface area contributed by atoms with Gasteiger partial charge in [-0.2, -0.15) is 0 Å². The van der Waals surface area contributed by atoms with Crippen molar-refractivity contribution in [3.05, 3.63) is 34.9 Å². The van der Waals surface area contributed by atoms with Crippen LogP contribution in [0.3, 0.4) is 0 Å². The van der Waals surface area contributed by atoms with Gasteiger partial charge in [0.1, 0.15) is 0 Å². The second-order valence-electron chi connectivity index (χ2n) is 4.65. The average Bonchev–Trinajstić information content (AvgIpc) is 2.29. The smallest absolute Gasteiger partial charge is 0.0409 e. The van der Waals surface area contributed by atoms with Crippen molar-refractivity contribution in [2.24, 2.45) is 0 Å². The molecule has 0 fully saturated rings. The molecule has 0 radical (unpaired) electrons. The highest BCUT2D eigenvalue weighted by Crippen LogP contribution is 2.20. The van der Waals surface area contributed by atoms with Crippen molar-refractivity contribution in [1.82, 2.24) is 10.2 Å². The van der Waals surface area contributed by atoms with E-state index in [1.807, 2.05) is 12.1 Å². The maximum absolute atomic E-state index is 6.05. The summed E-state index contributed by atoms with van der Waals surface area (Å²) in [6, 6.07) is 8.55. The van der Waals surface area contributed by atoms with Crippen molar-refractivity contribution in [2.75, 3.05) is 27.2 Å². The highest BCUT2D eigenvalue weighted by molar-refractivity contribution is 6.30. The summed E-state index contributed by atoms with van der Waals surface area (Å²) in [5, 5.41) is 4.40. The maximum Gasteiger partial charge on any atom is 0.0409 e. The van der Waals surface area contributed by atoms with E-state index in [0.717, 1.165) is 31.0 Å². The van der Waals surface area contributed by atoms with Crippen LogP contribution in [0.2, 0.25) is 5.02 Å². The minimum absolute atomic E-state index is 0.399. The van der Waals surface area contributed by atoms with Crippen LogP contribution in [0.4, 0.5) is 0 Å². The van der Waals surface area contributed by atoms with Crippen LogP contribution < -0.4 is 5.32 Å². The molecule has 2 nitrogen and oxygen atoms in total. The van der Waals surface area contributed by atoms with Gasteiger partial charge in [-0.25, -0.2) is 0 Å². The summed E-state index contributed by atoms with van der Waals surface area (Å²) in [6.45, 7) is 4.31. The monoisotopic (exact) mass is 254 g/mol. The van der Waals surface area contributed by atoms with Gasteiger partial charge in [0.15, 0.2) is 0 Å². The molecule has 0 aliphatic carbocycles. The lowest BCUT2D eigenvalue weighted by Gasteiger charge is -2.21. The van der Waals surface area contributed by atoms with Gasteiger partial charge in [0, 0.05) is 11.1 Å². The fraction of sp³-hybridized carbons (Fsp3) is 0.571. The van der Waals surface area contributed by atoms with Crippen LogP contribution in [0, 0.1) is 0 Å². The number of rotatable bonds is 7. The van der Waals surface area contributed by atoms with E-state index in [2.05, 4.69) is 43.4 Å². The predicted molar refractivity (Wildman–Crippen MR) is 75.7 cm³/mol. The van der Waals surface area contributed by atoms with E-state index in [1.54, 1.807) is 0 Å². The van der Waals surface area contributed by atoms with Gasteiger partial charge in [0.2, 0.25) is 0 Å². The third-order valence-electron chi connectivity index (χ3n) is 2.76. The van der Waals surface area contributed by atoms with Crippen LogP contribution in [0.25, 0.3) is 0 Å². The summed E-state index contributed by atoms with van der Waals surface area (Å²) >= 11 is 6.05. The summed E-state index contributed by atoms with van der Waals surface area (Å²) in [6.07, 6.45) is 2.26. The lowest BCUT2D eigenvalue weighted by atomic mass is 10.0. The molecule has 0 heterocycles. The molecular formula is C14H23ClN2. The number of hydrogen-bond donors (Lipinski definition) is 1. The van der Waals surface area contributed by atoms with Gasteiger partial charge in [0.25, 0.3) is 0 Å². The molecule has 0 spiro atoms. The fourth-order valence-electron chi connectivity index (χ4n) is 1.82. The van der Waals surface area contributed by atoms with E-state index in [0.29, 0.717) is 6.04 Å². The Bertz CT molecular complexity index is 326. The van der Waals surface area contributed by atoms with Crippen molar-refractivity contribution in [3.8, 4) is 0 Å². The standard InChI is InChI=1S/C14H23ClN2/c1-4-9-16-14(8-10-17(2)3)12-6-5-7-13(15)11-12/h5-7,11,14,16H,4,8-10H2,1-3H3. The Hall–Kier alpha value is -0.570. The molecule has 1 atom stereocenters. The third kappa shape index (κ3) is 5.53. The summed E-state index contributed by atoms with van der Waals surface area (Å²) in [4.78, 5) is 2.21. The first kappa shape index (κ1) is 14.5. The first-order valence-corrected chi connectivity index (χ1v) is 6.65. The van der Waals surface area contributed by atoms with Crippen molar-refractivity contribution in [2.45, 2.75) is 25.8 Å². The zero-order valence-electron chi connectivity index (χ0n) is 11.0. The molecule has 0 aromatic heterocycles. The lowest BCUT2D eigenvalue weighted by Crippen LogP contribution is -2.26. The number of halogens is 1. The summed E-state index contributed by atoms with van der Waals surface area (Å²) in [5.74, 6) is 0. The van der Waals surface area contributed by atoms with Gasteiger partial charge in [-0.1, -0.05) is 30.7 Å². The minimum Gasteiger partial charge on any atom is -0.310 e. The van der Waals surface area contributed by atoms with Gasteiger partial charge in [0.05, 0.1) is 0 Å². The highest BCUT2D eigenvalue weighted by atomic mass is 35.5. The molecule has 1 aromatic carbocycles. The molecule has 1 aromatic rings. The summed E-state index contributed by atoms with van der Waals surface area (Å²) < 4.78 is 0. The molecule has 1 rings (SSSR count). The first-order chi connectivity index (χ1) is 8.13. The minimum atomic E-state index is 0.399. The zero-order chi connectivity index (χ0) is 12.7. The van der Waals surface area contributed by atoms with E-state index in [1.165, 1.54) is 5.56 Å². The SMILES string of the molecule is CCCNC(CCN(C)C)c1cccc(Cl)c1. The maximum atomic E-state index is 6.05. The largest absolute Gasteiger partial charge is 0.310 e. The van der Waals surface area contributed by atoms with Crippen LogP contribution in [0.15, 0.2) is 24.3 Å². The van der Waals surface area contributed by atoms with E-state index >= 15 is 0 Å². The molecule has 96 valence electrons. The van der Waals surface area contributed by atoms with Crippen LogP contribution in [0.5, 0.6) is 0 Å². The van der Waals surface area contributed by atoms with Gasteiger partial charge < -0.3 is 10.2 Å². The average molecular weight is 255 g/mol. The second kappa shape index (κ2) is 7.70. The predicted octanol–water partition coefficient (Wildman–Crippen LogP) is 3.33. The molecule has 0 saturated carbocycles. The van der Waals surface area contributed by atoms with Crippen LogP contribution in [-0.2, 0) is 0 Å². The quantitative estimate of drug-likeness (QED) is 0.803. The topological polar surface area (TPSA) is 15.3 Å². The Morgan fingerprint density at radius 3 is 2.71 bits per heavy atom. The normalized spacial score (nSPS) is 13.0. The Morgan fingerprint density at radius 1 is 1.35 bits per heavy atom. The molecule has 0 saturated heterocycles. The molecule has 0 aliphatic heterocycles. The summed E-state index contributed by atoms with van der Waals surface area (Å²) in [7, 11) is 4.21. The Balaban J connectivity index is 2.67. The van der Waals surface area contributed by atoms with Gasteiger partial charge in [-0.15, -0.1) is 0 Å². The molecule has 0 amide bonds. The van der Waals surface area contributed by atoms with E-state index in [9.17, 15) is 0 Å². The Labute approximate surface area is 110 Å². The summed E-state index contributed by atoms with van der Waals surface area (Å²) in [5.41, 5.74) is 1.28. The molecule has 17 heavy (non-hydrogen) atoms. The molecular weight excluding hydrogens is 232 g/mol.